The van der Waals surface area contributed by atoms with Crippen molar-refractivity contribution in [3.05, 3.63) is 47.8 Å². The fourth-order valence-electron chi connectivity index (χ4n) is 1.83. The van der Waals surface area contributed by atoms with Gasteiger partial charge in [0.2, 0.25) is 0 Å². The molecular formula is C15H14N2O6. The lowest BCUT2D eigenvalue weighted by Crippen LogP contribution is -2.35. The van der Waals surface area contributed by atoms with Crippen molar-refractivity contribution in [2.24, 2.45) is 7.05 Å². The molecule has 2 rings (SSSR count). The van der Waals surface area contributed by atoms with Gasteiger partial charge in [-0.3, -0.25) is 14.9 Å². The highest BCUT2D eigenvalue weighted by molar-refractivity contribution is 6.04. The first kappa shape index (κ1) is 16.1. The maximum Gasteiger partial charge on any atom is 0.342 e. The minimum Gasteiger partial charge on any atom is -0.508 e. The van der Waals surface area contributed by atoms with Crippen LogP contribution < -0.4 is 5.32 Å². The maximum atomic E-state index is 11.8. The first-order valence-corrected chi connectivity index (χ1v) is 6.53. The Kier molecular flexibility index (Phi) is 4.65. The van der Waals surface area contributed by atoms with E-state index < -0.39 is 30.1 Å². The van der Waals surface area contributed by atoms with Gasteiger partial charge in [0.25, 0.3) is 11.8 Å². The number of hydrogen-bond donors (Lipinski definition) is 3. The number of carbonyl (C=O) groups is 3. The Hall–Kier alpha value is -3.29. The molecule has 2 amide bonds. The average molecular weight is 318 g/mol. The number of imide groups is 1. The summed E-state index contributed by atoms with van der Waals surface area (Å²) in [5.74, 6) is -3.07. The van der Waals surface area contributed by atoms with Gasteiger partial charge in [0.1, 0.15) is 22.8 Å². The third-order valence-corrected chi connectivity index (χ3v) is 2.96. The van der Waals surface area contributed by atoms with Crippen LogP contribution in [0.2, 0.25) is 0 Å². The van der Waals surface area contributed by atoms with Crippen LogP contribution in [-0.4, -0.2) is 39.2 Å². The third-order valence-electron chi connectivity index (χ3n) is 2.96. The molecule has 0 radical (unpaired) electrons. The summed E-state index contributed by atoms with van der Waals surface area (Å²) in [6, 6.07) is 6.49. The monoisotopic (exact) mass is 318 g/mol. The van der Waals surface area contributed by atoms with E-state index in [4.69, 9.17) is 9.84 Å². The second-order valence-electron chi connectivity index (χ2n) is 4.66. The standard InChI is InChI=1S/C15H14N2O6/c1-17-6-2-3-11(17)14(21)16-13(20)8-23-15(22)10-5-4-9(18)7-12(10)19/h2-7,18-19H,8H2,1H3,(H,16,20,21). The van der Waals surface area contributed by atoms with Gasteiger partial charge in [0.05, 0.1) is 0 Å². The number of phenols is 2. The van der Waals surface area contributed by atoms with Gasteiger partial charge in [0, 0.05) is 19.3 Å². The molecule has 0 bridgehead atoms. The van der Waals surface area contributed by atoms with Crippen molar-refractivity contribution in [1.82, 2.24) is 9.88 Å². The topological polar surface area (TPSA) is 118 Å². The Morgan fingerprint density at radius 3 is 2.57 bits per heavy atom. The Bertz CT molecular complexity index is 765. The van der Waals surface area contributed by atoms with Crippen LogP contribution in [-0.2, 0) is 16.6 Å². The largest absolute Gasteiger partial charge is 0.508 e. The predicted molar refractivity (Wildman–Crippen MR) is 77.9 cm³/mol. The number of carbonyl (C=O) groups excluding carboxylic acids is 3. The maximum absolute atomic E-state index is 11.8. The number of esters is 1. The van der Waals surface area contributed by atoms with Crippen LogP contribution in [0, 0.1) is 0 Å². The number of aromatic hydroxyl groups is 2. The average Bonchev–Trinajstić information content (AvgIpc) is 2.91. The molecule has 0 aliphatic carbocycles. The highest BCUT2D eigenvalue weighted by Crippen LogP contribution is 2.23. The molecule has 0 unspecified atom stereocenters. The lowest BCUT2D eigenvalue weighted by Gasteiger charge is -2.07. The van der Waals surface area contributed by atoms with Crippen molar-refractivity contribution in [3.8, 4) is 11.5 Å². The normalized spacial score (nSPS) is 10.1. The zero-order valence-electron chi connectivity index (χ0n) is 12.1. The van der Waals surface area contributed by atoms with Gasteiger partial charge in [-0.25, -0.2) is 4.79 Å². The predicted octanol–water partition coefficient (Wildman–Crippen LogP) is 0.550. The number of ether oxygens (including phenoxy) is 1. The lowest BCUT2D eigenvalue weighted by atomic mass is 10.2. The van der Waals surface area contributed by atoms with Crippen molar-refractivity contribution in [3.63, 3.8) is 0 Å². The lowest BCUT2D eigenvalue weighted by molar-refractivity contribution is -0.123. The Balaban J connectivity index is 1.90. The summed E-state index contributed by atoms with van der Waals surface area (Å²) in [6.07, 6.45) is 1.65. The van der Waals surface area contributed by atoms with Crippen molar-refractivity contribution in [2.75, 3.05) is 6.61 Å². The van der Waals surface area contributed by atoms with Crippen molar-refractivity contribution in [2.45, 2.75) is 0 Å². The summed E-state index contributed by atoms with van der Waals surface area (Å²) in [5, 5.41) is 20.7. The highest BCUT2D eigenvalue weighted by Gasteiger charge is 2.17. The van der Waals surface area contributed by atoms with Gasteiger partial charge >= 0.3 is 5.97 Å². The van der Waals surface area contributed by atoms with Crippen molar-refractivity contribution < 1.29 is 29.3 Å². The number of aromatic nitrogens is 1. The molecule has 0 spiro atoms. The fraction of sp³-hybridized carbons (Fsp3) is 0.133. The molecule has 0 aliphatic heterocycles. The second-order valence-corrected chi connectivity index (χ2v) is 4.66. The first-order valence-electron chi connectivity index (χ1n) is 6.53. The minimum absolute atomic E-state index is 0.204. The molecule has 0 atom stereocenters. The van der Waals surface area contributed by atoms with Gasteiger partial charge in [-0.05, 0) is 24.3 Å². The van der Waals surface area contributed by atoms with E-state index in [1.165, 1.54) is 16.7 Å². The molecular weight excluding hydrogens is 304 g/mol. The van der Waals surface area contributed by atoms with E-state index in [0.717, 1.165) is 12.1 Å². The van der Waals surface area contributed by atoms with Crippen LogP contribution in [0.4, 0.5) is 0 Å². The Labute approximate surface area is 130 Å². The molecule has 23 heavy (non-hydrogen) atoms. The molecule has 1 aromatic carbocycles. The molecule has 0 saturated heterocycles. The van der Waals surface area contributed by atoms with Crippen molar-refractivity contribution in [1.29, 1.82) is 0 Å². The summed E-state index contributed by atoms with van der Waals surface area (Å²) in [7, 11) is 1.65. The number of amides is 2. The molecule has 2 aromatic rings. The van der Waals surface area contributed by atoms with Gasteiger partial charge in [0.15, 0.2) is 6.61 Å². The smallest absolute Gasteiger partial charge is 0.342 e. The van der Waals surface area contributed by atoms with Gasteiger partial charge in [-0.15, -0.1) is 0 Å². The molecule has 0 fully saturated rings. The van der Waals surface area contributed by atoms with E-state index in [2.05, 4.69) is 5.32 Å². The fourth-order valence-corrected chi connectivity index (χ4v) is 1.83. The third kappa shape index (κ3) is 3.88. The van der Waals surface area contributed by atoms with Gasteiger partial charge in [-0.1, -0.05) is 0 Å². The van der Waals surface area contributed by atoms with E-state index in [0.29, 0.717) is 0 Å². The molecule has 8 nitrogen and oxygen atoms in total. The number of rotatable bonds is 4. The van der Waals surface area contributed by atoms with E-state index in [-0.39, 0.29) is 17.0 Å². The van der Waals surface area contributed by atoms with Crippen LogP contribution in [0.15, 0.2) is 36.5 Å². The van der Waals surface area contributed by atoms with Crippen LogP contribution in [0.25, 0.3) is 0 Å². The van der Waals surface area contributed by atoms with Crippen LogP contribution in [0.1, 0.15) is 20.8 Å². The zero-order valence-corrected chi connectivity index (χ0v) is 12.1. The summed E-state index contributed by atoms with van der Waals surface area (Å²) in [4.78, 5) is 35.1. The first-order chi connectivity index (χ1) is 10.9. The van der Waals surface area contributed by atoms with E-state index in [1.54, 1.807) is 19.3 Å². The summed E-state index contributed by atoms with van der Waals surface area (Å²) < 4.78 is 6.24. The number of hydrogen-bond acceptors (Lipinski definition) is 6. The zero-order chi connectivity index (χ0) is 17.0. The molecule has 1 aromatic heterocycles. The van der Waals surface area contributed by atoms with Crippen LogP contribution >= 0.6 is 0 Å². The number of nitrogens with zero attached hydrogens (tertiary/aromatic N) is 1. The number of aryl methyl sites for hydroxylation is 1. The number of nitrogens with one attached hydrogen (secondary N) is 1. The summed E-state index contributed by atoms with van der Waals surface area (Å²) in [5.41, 5.74) is 0.0743. The molecule has 1 heterocycles. The van der Waals surface area contributed by atoms with Gasteiger partial charge < -0.3 is 19.5 Å². The molecule has 0 aliphatic rings. The molecule has 8 heteroatoms. The van der Waals surface area contributed by atoms with E-state index in [1.807, 2.05) is 0 Å². The number of phenolic OH excluding ortho intramolecular Hbond substituents is 2. The van der Waals surface area contributed by atoms with Crippen LogP contribution in [0.5, 0.6) is 11.5 Å². The van der Waals surface area contributed by atoms with E-state index in [9.17, 15) is 19.5 Å². The van der Waals surface area contributed by atoms with E-state index >= 15 is 0 Å². The molecule has 3 N–H and O–H groups in total. The molecule has 120 valence electrons. The van der Waals surface area contributed by atoms with Crippen LogP contribution in [0.3, 0.4) is 0 Å². The second kappa shape index (κ2) is 6.65. The minimum atomic E-state index is -0.955. The SMILES string of the molecule is Cn1cccc1C(=O)NC(=O)COC(=O)c1ccc(O)cc1O. The quantitative estimate of drug-likeness (QED) is 0.709. The summed E-state index contributed by atoms with van der Waals surface area (Å²) in [6.45, 7) is -0.685. The van der Waals surface area contributed by atoms with Crippen molar-refractivity contribution >= 4 is 17.8 Å². The Morgan fingerprint density at radius 2 is 1.96 bits per heavy atom. The number of benzene rings is 1. The Morgan fingerprint density at radius 1 is 1.22 bits per heavy atom. The summed E-state index contributed by atoms with van der Waals surface area (Å²) >= 11 is 0. The molecule has 0 saturated carbocycles. The highest BCUT2D eigenvalue weighted by atomic mass is 16.5. The van der Waals surface area contributed by atoms with Gasteiger partial charge in [-0.2, -0.15) is 0 Å².